The molecule has 0 saturated carbocycles. The second-order valence-corrected chi connectivity index (χ2v) is 5.32. The molecule has 0 N–H and O–H groups in total. The second kappa shape index (κ2) is 2.70. The normalized spacial score (nSPS) is 32.2. The Labute approximate surface area is 71.7 Å². The molecular formula is C8H14O2S. The predicted octanol–water partition coefficient (Wildman–Crippen LogP) is 2.04. The molecule has 1 aliphatic rings. The van der Waals surface area contributed by atoms with Crippen LogP contribution in [0.1, 0.15) is 27.7 Å². The number of carbonyl (C=O) groups is 1. The van der Waals surface area contributed by atoms with Gasteiger partial charge in [-0.3, -0.25) is 4.79 Å². The van der Waals surface area contributed by atoms with Crippen LogP contribution in [0.15, 0.2) is 0 Å². The summed E-state index contributed by atoms with van der Waals surface area (Å²) in [5, 5.41) is 0.0132. The number of hydrogen-bond acceptors (Lipinski definition) is 3. The molecule has 3 heteroatoms. The number of cyclic esters (lactones) is 1. The van der Waals surface area contributed by atoms with Gasteiger partial charge >= 0.3 is 5.97 Å². The maximum atomic E-state index is 11.0. The Hall–Kier alpha value is -0.180. The Bertz CT molecular complexity index is 171. The van der Waals surface area contributed by atoms with E-state index in [1.54, 1.807) is 11.8 Å². The zero-order valence-electron chi connectivity index (χ0n) is 7.38. The zero-order valence-corrected chi connectivity index (χ0v) is 8.20. The molecule has 1 aliphatic heterocycles. The van der Waals surface area contributed by atoms with Crippen LogP contribution >= 0.6 is 11.8 Å². The summed E-state index contributed by atoms with van der Waals surface area (Å²) in [6.45, 7) is 8.13. The Morgan fingerprint density at radius 1 is 1.45 bits per heavy atom. The first kappa shape index (κ1) is 8.91. The molecule has 64 valence electrons. The number of esters is 1. The lowest BCUT2D eigenvalue weighted by Crippen LogP contribution is -2.23. The first-order valence-electron chi connectivity index (χ1n) is 3.77. The van der Waals surface area contributed by atoms with Crippen LogP contribution in [0.3, 0.4) is 0 Å². The fourth-order valence-electron chi connectivity index (χ4n) is 0.851. The SMILES string of the molecule is C[C@@H]1S[C@H](C(C)(C)C)OC1=O. The van der Waals surface area contributed by atoms with Gasteiger partial charge in [-0.05, 0) is 6.92 Å². The van der Waals surface area contributed by atoms with E-state index < -0.39 is 0 Å². The monoisotopic (exact) mass is 174 g/mol. The molecule has 1 saturated heterocycles. The summed E-state index contributed by atoms with van der Waals surface area (Å²) in [5.74, 6) is -0.0741. The van der Waals surface area contributed by atoms with Crippen molar-refractivity contribution in [1.82, 2.24) is 0 Å². The van der Waals surface area contributed by atoms with Crippen molar-refractivity contribution < 1.29 is 9.53 Å². The number of carbonyl (C=O) groups excluding carboxylic acids is 1. The maximum absolute atomic E-state index is 11.0. The van der Waals surface area contributed by atoms with Gasteiger partial charge in [0.25, 0.3) is 0 Å². The van der Waals surface area contributed by atoms with E-state index in [1.165, 1.54) is 0 Å². The molecule has 0 aromatic carbocycles. The highest BCUT2D eigenvalue weighted by atomic mass is 32.2. The highest BCUT2D eigenvalue weighted by molar-refractivity contribution is 8.01. The highest BCUT2D eigenvalue weighted by Gasteiger charge is 2.38. The standard InChI is InChI=1S/C8H14O2S/c1-5-6(9)10-7(11-5)8(2,3)4/h5,7H,1-4H3/t5-,7+/m0/s1. The molecule has 1 fully saturated rings. The van der Waals surface area contributed by atoms with E-state index in [0.717, 1.165) is 0 Å². The summed E-state index contributed by atoms with van der Waals surface area (Å²) in [4.78, 5) is 11.0. The van der Waals surface area contributed by atoms with Gasteiger partial charge in [0.15, 0.2) is 5.44 Å². The van der Waals surface area contributed by atoms with Crippen LogP contribution in [-0.4, -0.2) is 16.7 Å². The van der Waals surface area contributed by atoms with Gasteiger partial charge in [0.2, 0.25) is 0 Å². The third kappa shape index (κ3) is 1.89. The predicted molar refractivity (Wildman–Crippen MR) is 46.4 cm³/mol. The Balaban J connectivity index is 2.61. The number of ether oxygens (including phenoxy) is 1. The quantitative estimate of drug-likeness (QED) is 0.526. The van der Waals surface area contributed by atoms with Gasteiger partial charge in [-0.2, -0.15) is 0 Å². The van der Waals surface area contributed by atoms with E-state index in [-0.39, 0.29) is 22.1 Å². The van der Waals surface area contributed by atoms with Crippen molar-refractivity contribution in [2.24, 2.45) is 5.41 Å². The average Bonchev–Trinajstić information content (AvgIpc) is 2.11. The molecule has 0 amide bonds. The Morgan fingerprint density at radius 3 is 2.18 bits per heavy atom. The van der Waals surface area contributed by atoms with Crippen LogP contribution in [0, 0.1) is 5.41 Å². The molecule has 0 aromatic rings. The minimum absolute atomic E-state index is 0.0132. The van der Waals surface area contributed by atoms with Crippen LogP contribution in [0.5, 0.6) is 0 Å². The van der Waals surface area contributed by atoms with Crippen LogP contribution in [-0.2, 0) is 9.53 Å². The molecule has 0 radical (unpaired) electrons. The third-order valence-electron chi connectivity index (χ3n) is 1.59. The molecule has 0 bridgehead atoms. The van der Waals surface area contributed by atoms with Crippen LogP contribution in [0.4, 0.5) is 0 Å². The van der Waals surface area contributed by atoms with E-state index >= 15 is 0 Å². The van der Waals surface area contributed by atoms with Crippen molar-refractivity contribution >= 4 is 17.7 Å². The van der Waals surface area contributed by atoms with Crippen molar-refractivity contribution in [2.75, 3.05) is 0 Å². The summed E-state index contributed by atoms with van der Waals surface area (Å²) in [7, 11) is 0. The molecule has 0 aromatic heterocycles. The molecule has 0 aliphatic carbocycles. The van der Waals surface area contributed by atoms with Crippen LogP contribution in [0.25, 0.3) is 0 Å². The van der Waals surface area contributed by atoms with Crippen molar-refractivity contribution in [3.05, 3.63) is 0 Å². The van der Waals surface area contributed by atoms with E-state index in [2.05, 4.69) is 20.8 Å². The van der Waals surface area contributed by atoms with Crippen LogP contribution < -0.4 is 0 Å². The maximum Gasteiger partial charge on any atom is 0.320 e. The van der Waals surface area contributed by atoms with E-state index in [4.69, 9.17) is 4.74 Å². The fraction of sp³-hybridized carbons (Fsp3) is 0.875. The van der Waals surface area contributed by atoms with Crippen molar-refractivity contribution in [3.8, 4) is 0 Å². The summed E-state index contributed by atoms with van der Waals surface area (Å²) in [6, 6.07) is 0. The summed E-state index contributed by atoms with van der Waals surface area (Å²) in [5.41, 5.74) is 0.0930. The zero-order chi connectivity index (χ0) is 8.65. The van der Waals surface area contributed by atoms with Gasteiger partial charge in [0.05, 0.1) is 0 Å². The van der Waals surface area contributed by atoms with E-state index in [1.807, 2.05) is 6.92 Å². The van der Waals surface area contributed by atoms with Crippen molar-refractivity contribution in [1.29, 1.82) is 0 Å². The molecule has 1 rings (SSSR count). The Kier molecular flexibility index (Phi) is 2.19. The van der Waals surface area contributed by atoms with Gasteiger partial charge in [0.1, 0.15) is 5.25 Å². The molecule has 11 heavy (non-hydrogen) atoms. The lowest BCUT2D eigenvalue weighted by molar-refractivity contribution is -0.144. The van der Waals surface area contributed by atoms with Gasteiger partial charge < -0.3 is 4.74 Å². The largest absolute Gasteiger partial charge is 0.450 e. The van der Waals surface area contributed by atoms with Gasteiger partial charge in [-0.25, -0.2) is 0 Å². The Morgan fingerprint density at radius 2 is 2.00 bits per heavy atom. The summed E-state index contributed by atoms with van der Waals surface area (Å²) < 4.78 is 5.16. The average molecular weight is 174 g/mol. The van der Waals surface area contributed by atoms with Gasteiger partial charge in [-0.15, -0.1) is 11.8 Å². The minimum atomic E-state index is -0.0741. The first-order chi connectivity index (χ1) is 4.91. The van der Waals surface area contributed by atoms with E-state index in [9.17, 15) is 4.79 Å². The van der Waals surface area contributed by atoms with Crippen molar-refractivity contribution in [3.63, 3.8) is 0 Å². The lowest BCUT2D eigenvalue weighted by Gasteiger charge is -2.23. The van der Waals surface area contributed by atoms with Crippen LogP contribution in [0.2, 0.25) is 0 Å². The summed E-state index contributed by atoms with van der Waals surface area (Å²) in [6.07, 6.45) is 0. The molecule has 2 atom stereocenters. The molecule has 1 heterocycles. The first-order valence-corrected chi connectivity index (χ1v) is 4.71. The van der Waals surface area contributed by atoms with Gasteiger partial charge in [-0.1, -0.05) is 20.8 Å². The highest BCUT2D eigenvalue weighted by Crippen LogP contribution is 2.39. The smallest absolute Gasteiger partial charge is 0.320 e. The molecule has 0 unspecified atom stereocenters. The second-order valence-electron chi connectivity index (χ2n) is 3.91. The topological polar surface area (TPSA) is 26.3 Å². The van der Waals surface area contributed by atoms with E-state index in [0.29, 0.717) is 0 Å². The molecule has 2 nitrogen and oxygen atoms in total. The fourth-order valence-corrected chi connectivity index (χ4v) is 1.95. The number of thioether (sulfide) groups is 1. The van der Waals surface area contributed by atoms with Crippen molar-refractivity contribution in [2.45, 2.75) is 38.4 Å². The number of hydrogen-bond donors (Lipinski definition) is 0. The lowest BCUT2D eigenvalue weighted by atomic mass is 9.98. The molecular weight excluding hydrogens is 160 g/mol. The molecule has 0 spiro atoms. The minimum Gasteiger partial charge on any atom is -0.450 e. The number of rotatable bonds is 0. The summed E-state index contributed by atoms with van der Waals surface area (Å²) >= 11 is 1.61. The third-order valence-corrected chi connectivity index (χ3v) is 3.24. The van der Waals surface area contributed by atoms with Gasteiger partial charge in [0, 0.05) is 5.41 Å².